The molecule has 1 aromatic carbocycles. The zero-order valence-corrected chi connectivity index (χ0v) is 7.60. The molecule has 2 N–H and O–H groups in total. The van der Waals surface area contributed by atoms with E-state index in [9.17, 15) is 13.2 Å². The molecule has 1 unspecified atom stereocenters. The van der Waals surface area contributed by atoms with E-state index in [4.69, 9.17) is 16.7 Å². The SMILES string of the molecule is OC(Nc1ccc(F)c(Cl)c1)C(F)F. The number of benzene rings is 1. The van der Waals surface area contributed by atoms with Gasteiger partial charge in [0.1, 0.15) is 5.82 Å². The van der Waals surface area contributed by atoms with E-state index in [0.717, 1.165) is 12.1 Å². The third-order valence-corrected chi connectivity index (χ3v) is 1.76. The van der Waals surface area contributed by atoms with Crippen molar-refractivity contribution in [2.45, 2.75) is 12.7 Å². The third kappa shape index (κ3) is 2.78. The van der Waals surface area contributed by atoms with E-state index >= 15 is 0 Å². The zero-order chi connectivity index (χ0) is 10.7. The number of hydrogen-bond acceptors (Lipinski definition) is 2. The van der Waals surface area contributed by atoms with E-state index in [1.165, 1.54) is 6.07 Å². The van der Waals surface area contributed by atoms with Gasteiger partial charge in [0.05, 0.1) is 5.02 Å². The average Bonchev–Trinajstić information content (AvgIpc) is 2.11. The Kier molecular flexibility index (Phi) is 3.60. The molecule has 0 aliphatic heterocycles. The molecule has 1 aromatic rings. The molecule has 0 aliphatic carbocycles. The molecule has 0 fully saturated rings. The van der Waals surface area contributed by atoms with Crippen LogP contribution in [0.4, 0.5) is 18.9 Å². The van der Waals surface area contributed by atoms with Crippen molar-refractivity contribution < 1.29 is 18.3 Å². The minimum atomic E-state index is -2.92. The fourth-order valence-electron chi connectivity index (χ4n) is 0.820. The Bertz CT molecular complexity index is 321. The molecule has 0 radical (unpaired) electrons. The van der Waals surface area contributed by atoms with Crippen LogP contribution in [0.2, 0.25) is 5.02 Å². The third-order valence-electron chi connectivity index (χ3n) is 1.47. The highest BCUT2D eigenvalue weighted by Crippen LogP contribution is 2.20. The molecule has 0 saturated carbocycles. The Morgan fingerprint density at radius 1 is 1.36 bits per heavy atom. The van der Waals surface area contributed by atoms with Crippen molar-refractivity contribution in [2.75, 3.05) is 5.32 Å². The van der Waals surface area contributed by atoms with Gasteiger partial charge in [-0.25, -0.2) is 13.2 Å². The monoisotopic (exact) mass is 225 g/mol. The molecule has 1 rings (SSSR count). The Morgan fingerprint density at radius 3 is 2.50 bits per heavy atom. The van der Waals surface area contributed by atoms with Crippen LogP contribution in [0.1, 0.15) is 0 Å². The summed E-state index contributed by atoms with van der Waals surface area (Å²) in [6, 6.07) is 3.33. The molecule has 6 heteroatoms. The van der Waals surface area contributed by atoms with Gasteiger partial charge in [-0.05, 0) is 18.2 Å². The van der Waals surface area contributed by atoms with Crippen LogP contribution >= 0.6 is 11.6 Å². The van der Waals surface area contributed by atoms with E-state index in [1.807, 2.05) is 0 Å². The Hall–Kier alpha value is -0.940. The zero-order valence-electron chi connectivity index (χ0n) is 6.85. The number of nitrogens with one attached hydrogen (secondary N) is 1. The smallest absolute Gasteiger partial charge is 0.282 e. The lowest BCUT2D eigenvalue weighted by Crippen LogP contribution is -2.26. The molecule has 0 amide bonds. The maximum Gasteiger partial charge on any atom is 0.282 e. The number of halogens is 4. The number of rotatable bonds is 3. The molecule has 0 aliphatic rings. The van der Waals surface area contributed by atoms with Gasteiger partial charge in [-0.3, -0.25) is 0 Å². The van der Waals surface area contributed by atoms with Crippen LogP contribution < -0.4 is 5.32 Å². The number of alkyl halides is 2. The van der Waals surface area contributed by atoms with E-state index in [2.05, 4.69) is 5.32 Å². The first-order valence-electron chi connectivity index (χ1n) is 3.68. The Balaban J connectivity index is 2.73. The minimum Gasteiger partial charge on any atom is -0.368 e. The summed E-state index contributed by atoms with van der Waals surface area (Å²) in [5, 5.41) is 10.6. The topological polar surface area (TPSA) is 32.3 Å². The second-order valence-electron chi connectivity index (χ2n) is 2.55. The van der Waals surface area contributed by atoms with Gasteiger partial charge >= 0.3 is 0 Å². The molecule has 78 valence electrons. The maximum absolute atomic E-state index is 12.6. The van der Waals surface area contributed by atoms with Crippen molar-refractivity contribution >= 4 is 17.3 Å². The van der Waals surface area contributed by atoms with Gasteiger partial charge in [-0.2, -0.15) is 0 Å². The van der Waals surface area contributed by atoms with Crippen LogP contribution in [0.15, 0.2) is 18.2 Å². The van der Waals surface area contributed by atoms with Gasteiger partial charge in [0, 0.05) is 5.69 Å². The van der Waals surface area contributed by atoms with Crippen LogP contribution in [0.3, 0.4) is 0 Å². The Labute approximate surface area is 83.3 Å². The number of hydrogen-bond donors (Lipinski definition) is 2. The van der Waals surface area contributed by atoms with Gasteiger partial charge in [-0.15, -0.1) is 0 Å². The van der Waals surface area contributed by atoms with Crippen LogP contribution in [0.25, 0.3) is 0 Å². The largest absolute Gasteiger partial charge is 0.368 e. The predicted molar refractivity (Wildman–Crippen MR) is 47.0 cm³/mol. The number of aliphatic hydroxyl groups excluding tert-OH is 1. The van der Waals surface area contributed by atoms with E-state index in [0.29, 0.717) is 0 Å². The number of anilines is 1. The van der Waals surface area contributed by atoms with E-state index in [-0.39, 0.29) is 10.7 Å². The lowest BCUT2D eigenvalue weighted by atomic mass is 10.3. The van der Waals surface area contributed by atoms with E-state index in [1.54, 1.807) is 0 Å². The fourth-order valence-corrected chi connectivity index (χ4v) is 1.00. The van der Waals surface area contributed by atoms with Crippen molar-refractivity contribution in [1.29, 1.82) is 0 Å². The molecule has 1 atom stereocenters. The minimum absolute atomic E-state index is 0.129. The van der Waals surface area contributed by atoms with Gasteiger partial charge in [0.2, 0.25) is 0 Å². The van der Waals surface area contributed by atoms with Crippen LogP contribution in [-0.2, 0) is 0 Å². The molecule has 0 bridgehead atoms. The molecule has 14 heavy (non-hydrogen) atoms. The van der Waals surface area contributed by atoms with E-state index < -0.39 is 18.5 Å². The van der Waals surface area contributed by atoms with Crippen LogP contribution in [0.5, 0.6) is 0 Å². The van der Waals surface area contributed by atoms with Gasteiger partial charge < -0.3 is 10.4 Å². The fraction of sp³-hybridized carbons (Fsp3) is 0.250. The van der Waals surface area contributed by atoms with Gasteiger partial charge in [0.15, 0.2) is 6.23 Å². The second-order valence-corrected chi connectivity index (χ2v) is 2.96. The van der Waals surface area contributed by atoms with Gasteiger partial charge in [0.25, 0.3) is 6.43 Å². The van der Waals surface area contributed by atoms with Crippen molar-refractivity contribution in [3.05, 3.63) is 29.0 Å². The summed E-state index contributed by atoms with van der Waals surface area (Å²) in [6.07, 6.45) is -4.91. The summed E-state index contributed by atoms with van der Waals surface area (Å²) >= 11 is 5.39. The summed E-state index contributed by atoms with van der Waals surface area (Å²) in [5.74, 6) is -0.649. The summed E-state index contributed by atoms with van der Waals surface area (Å²) in [7, 11) is 0. The normalized spacial score (nSPS) is 13.0. The lowest BCUT2D eigenvalue weighted by Gasteiger charge is -2.12. The standard InChI is InChI=1S/C8H7ClF3NO/c9-5-3-4(1-2-6(5)10)13-8(14)7(11)12/h1-3,7-8,13-14H. The van der Waals surface area contributed by atoms with Gasteiger partial charge in [-0.1, -0.05) is 11.6 Å². The highest BCUT2D eigenvalue weighted by Gasteiger charge is 2.16. The summed E-state index contributed by atoms with van der Waals surface area (Å²) in [5.41, 5.74) is 0.129. The second kappa shape index (κ2) is 4.52. The van der Waals surface area contributed by atoms with Crippen molar-refractivity contribution in [2.24, 2.45) is 0 Å². The lowest BCUT2D eigenvalue weighted by molar-refractivity contribution is 0.0127. The van der Waals surface area contributed by atoms with Crippen LogP contribution in [-0.4, -0.2) is 17.8 Å². The average molecular weight is 226 g/mol. The Morgan fingerprint density at radius 2 is 2.00 bits per heavy atom. The summed E-state index contributed by atoms with van der Waals surface area (Å²) in [4.78, 5) is 0. The van der Waals surface area contributed by atoms with Crippen molar-refractivity contribution in [3.63, 3.8) is 0 Å². The first-order chi connectivity index (χ1) is 6.50. The molecule has 0 heterocycles. The molecular weight excluding hydrogens is 219 g/mol. The summed E-state index contributed by atoms with van der Waals surface area (Å²) in [6.45, 7) is 0. The predicted octanol–water partition coefficient (Wildman–Crippen LogP) is 2.47. The molecule has 0 spiro atoms. The maximum atomic E-state index is 12.6. The molecule has 2 nitrogen and oxygen atoms in total. The summed E-state index contributed by atoms with van der Waals surface area (Å²) < 4.78 is 36.4. The highest BCUT2D eigenvalue weighted by atomic mass is 35.5. The van der Waals surface area contributed by atoms with Crippen molar-refractivity contribution in [3.8, 4) is 0 Å². The molecule has 0 saturated heterocycles. The first kappa shape index (κ1) is 11.1. The van der Waals surface area contributed by atoms with Crippen molar-refractivity contribution in [1.82, 2.24) is 0 Å². The molecule has 0 aromatic heterocycles. The highest BCUT2D eigenvalue weighted by molar-refractivity contribution is 6.31. The molecular formula is C8H7ClF3NO. The first-order valence-corrected chi connectivity index (χ1v) is 4.06. The quantitative estimate of drug-likeness (QED) is 0.775. The van der Waals surface area contributed by atoms with Crippen LogP contribution in [0, 0.1) is 5.82 Å². The number of aliphatic hydroxyl groups is 1.